The van der Waals surface area contributed by atoms with Crippen LogP contribution in [-0.4, -0.2) is 14.8 Å². The molecule has 6 heteroatoms. The predicted molar refractivity (Wildman–Crippen MR) is 72.2 cm³/mol. The van der Waals surface area contributed by atoms with E-state index in [-0.39, 0.29) is 12.1 Å². The fourth-order valence-electron chi connectivity index (χ4n) is 2.51. The van der Waals surface area contributed by atoms with Gasteiger partial charge >= 0.3 is 0 Å². The molecule has 1 N–H and O–H groups in total. The summed E-state index contributed by atoms with van der Waals surface area (Å²) in [5, 5.41) is 9.82. The van der Waals surface area contributed by atoms with Gasteiger partial charge in [0.15, 0.2) is 0 Å². The molecule has 96 valence electrons. The number of nitrogens with one attached hydrogen (secondary N) is 1. The Labute approximate surface area is 113 Å². The first-order valence-corrected chi connectivity index (χ1v) is 7.02. The third-order valence-corrected chi connectivity index (χ3v) is 4.37. The molecule has 0 aromatic carbocycles. The van der Waals surface area contributed by atoms with Crippen LogP contribution in [0.15, 0.2) is 46.7 Å². The van der Waals surface area contributed by atoms with E-state index in [1.807, 2.05) is 16.8 Å². The van der Waals surface area contributed by atoms with Crippen molar-refractivity contribution in [2.75, 3.05) is 5.32 Å². The molecule has 1 aliphatic rings. The van der Waals surface area contributed by atoms with Crippen molar-refractivity contribution in [1.29, 1.82) is 0 Å². The largest absolute Gasteiger partial charge is 0.467 e. The minimum Gasteiger partial charge on any atom is -0.467 e. The molecule has 0 saturated carbocycles. The molecule has 19 heavy (non-hydrogen) atoms. The lowest BCUT2D eigenvalue weighted by Crippen LogP contribution is -2.27. The van der Waals surface area contributed by atoms with Crippen LogP contribution in [0.3, 0.4) is 0 Å². The molecule has 5 nitrogen and oxygen atoms in total. The topological polar surface area (TPSA) is 55.9 Å². The molecule has 2 atom stereocenters. The van der Waals surface area contributed by atoms with E-state index in [1.54, 1.807) is 23.9 Å². The van der Waals surface area contributed by atoms with E-state index in [1.165, 1.54) is 4.88 Å². The summed E-state index contributed by atoms with van der Waals surface area (Å²) in [4.78, 5) is 5.59. The number of aromatic nitrogens is 3. The summed E-state index contributed by atoms with van der Waals surface area (Å²) < 4.78 is 7.44. The molecule has 0 radical (unpaired) electrons. The van der Waals surface area contributed by atoms with Crippen molar-refractivity contribution >= 4 is 17.3 Å². The average Bonchev–Trinajstić information content (AvgIpc) is 3.18. The number of nitrogens with zero attached hydrogens (tertiary/aromatic N) is 3. The maximum atomic E-state index is 5.55. The third-order valence-electron chi connectivity index (χ3n) is 3.39. The van der Waals surface area contributed by atoms with Gasteiger partial charge in [-0.2, -0.15) is 10.1 Å². The zero-order chi connectivity index (χ0) is 12.7. The SMILES string of the molecule is c1coc([C@H]2C[C@H](c3cccs3)Nc3ncnn32)c1. The summed E-state index contributed by atoms with van der Waals surface area (Å²) in [6.45, 7) is 0. The second kappa shape index (κ2) is 4.24. The van der Waals surface area contributed by atoms with E-state index in [2.05, 4.69) is 32.9 Å². The second-order valence-electron chi connectivity index (χ2n) is 4.51. The lowest BCUT2D eigenvalue weighted by Gasteiger charge is -2.29. The maximum Gasteiger partial charge on any atom is 0.222 e. The Morgan fingerprint density at radius 1 is 1.37 bits per heavy atom. The molecule has 1 aliphatic heterocycles. The van der Waals surface area contributed by atoms with Gasteiger partial charge in [0.2, 0.25) is 5.95 Å². The van der Waals surface area contributed by atoms with Crippen LogP contribution in [-0.2, 0) is 0 Å². The zero-order valence-corrected chi connectivity index (χ0v) is 10.9. The van der Waals surface area contributed by atoms with Crippen LogP contribution in [0.1, 0.15) is 29.1 Å². The highest BCUT2D eigenvalue weighted by Crippen LogP contribution is 2.38. The fraction of sp³-hybridized carbons (Fsp3) is 0.231. The Morgan fingerprint density at radius 3 is 3.16 bits per heavy atom. The number of fused-ring (bicyclic) bond motifs is 1. The molecule has 0 spiro atoms. The number of rotatable bonds is 2. The fourth-order valence-corrected chi connectivity index (χ4v) is 3.30. The van der Waals surface area contributed by atoms with Crippen LogP contribution in [0.25, 0.3) is 0 Å². The minimum absolute atomic E-state index is 0.0980. The first kappa shape index (κ1) is 10.8. The van der Waals surface area contributed by atoms with Crippen LogP contribution >= 0.6 is 11.3 Å². The van der Waals surface area contributed by atoms with Crippen LogP contribution in [0.5, 0.6) is 0 Å². The van der Waals surface area contributed by atoms with Crippen LogP contribution in [0.4, 0.5) is 5.95 Å². The van der Waals surface area contributed by atoms with Gasteiger partial charge in [0.25, 0.3) is 0 Å². The molecule has 0 amide bonds. The first-order chi connectivity index (χ1) is 9.42. The number of furan rings is 1. The van der Waals surface area contributed by atoms with E-state index in [0.717, 1.165) is 18.1 Å². The number of thiophene rings is 1. The Hall–Kier alpha value is -2.08. The summed E-state index contributed by atoms with van der Waals surface area (Å²) in [5.41, 5.74) is 0. The van der Waals surface area contributed by atoms with Gasteiger partial charge in [0.05, 0.1) is 12.3 Å². The Kier molecular flexibility index (Phi) is 2.41. The summed E-state index contributed by atoms with van der Waals surface area (Å²) in [6.07, 6.45) is 4.19. The molecule has 4 heterocycles. The normalized spacial score (nSPS) is 21.9. The standard InChI is InChI=1S/C13H12N4OS/c1-3-11(18-5-1)10-7-9(12-4-2-6-19-12)16-13-14-8-15-17(10)13/h1-6,8-10H,7H2,(H,14,15,16)/t9-,10-/m1/s1. The number of hydrogen-bond acceptors (Lipinski definition) is 5. The van der Waals surface area contributed by atoms with Crippen molar-refractivity contribution in [2.24, 2.45) is 0 Å². The maximum absolute atomic E-state index is 5.55. The minimum atomic E-state index is 0.0980. The third kappa shape index (κ3) is 1.76. The number of anilines is 1. The van der Waals surface area contributed by atoms with Gasteiger partial charge < -0.3 is 9.73 Å². The smallest absolute Gasteiger partial charge is 0.222 e. The summed E-state index contributed by atoms with van der Waals surface area (Å²) >= 11 is 1.76. The van der Waals surface area contributed by atoms with Gasteiger partial charge in [0, 0.05) is 11.3 Å². The van der Waals surface area contributed by atoms with E-state index >= 15 is 0 Å². The predicted octanol–water partition coefficient (Wildman–Crippen LogP) is 3.08. The summed E-state index contributed by atoms with van der Waals surface area (Å²) in [6, 6.07) is 8.48. The highest BCUT2D eigenvalue weighted by molar-refractivity contribution is 7.10. The van der Waals surface area contributed by atoms with Gasteiger partial charge in [-0.25, -0.2) is 4.68 Å². The molecule has 0 fully saturated rings. The Morgan fingerprint density at radius 2 is 2.37 bits per heavy atom. The molecular weight excluding hydrogens is 260 g/mol. The molecule has 0 aliphatic carbocycles. The second-order valence-corrected chi connectivity index (χ2v) is 5.49. The van der Waals surface area contributed by atoms with Crippen LogP contribution < -0.4 is 5.32 Å². The van der Waals surface area contributed by atoms with Crippen molar-refractivity contribution in [2.45, 2.75) is 18.5 Å². The lowest BCUT2D eigenvalue weighted by molar-refractivity contribution is 0.360. The highest BCUT2D eigenvalue weighted by Gasteiger charge is 2.31. The van der Waals surface area contributed by atoms with Crippen molar-refractivity contribution in [3.05, 3.63) is 52.9 Å². The van der Waals surface area contributed by atoms with Crippen molar-refractivity contribution in [3.63, 3.8) is 0 Å². The highest BCUT2D eigenvalue weighted by atomic mass is 32.1. The van der Waals surface area contributed by atoms with Crippen molar-refractivity contribution in [1.82, 2.24) is 14.8 Å². The van der Waals surface area contributed by atoms with Gasteiger partial charge in [-0.05, 0) is 23.6 Å². The molecule has 0 bridgehead atoms. The lowest BCUT2D eigenvalue weighted by atomic mass is 10.0. The average molecular weight is 272 g/mol. The summed E-state index contributed by atoms with van der Waals surface area (Å²) in [5.74, 6) is 1.72. The van der Waals surface area contributed by atoms with E-state index < -0.39 is 0 Å². The van der Waals surface area contributed by atoms with Crippen molar-refractivity contribution in [3.8, 4) is 0 Å². The molecule has 0 unspecified atom stereocenters. The summed E-state index contributed by atoms with van der Waals surface area (Å²) in [7, 11) is 0. The van der Waals surface area contributed by atoms with E-state index in [0.29, 0.717) is 0 Å². The Balaban J connectivity index is 1.75. The van der Waals surface area contributed by atoms with Crippen LogP contribution in [0.2, 0.25) is 0 Å². The first-order valence-electron chi connectivity index (χ1n) is 6.14. The molecule has 3 aromatic rings. The van der Waals surface area contributed by atoms with Crippen LogP contribution in [0, 0.1) is 0 Å². The van der Waals surface area contributed by atoms with Crippen molar-refractivity contribution < 1.29 is 4.42 Å². The zero-order valence-electron chi connectivity index (χ0n) is 10.1. The molecule has 3 aromatic heterocycles. The van der Waals surface area contributed by atoms with E-state index in [9.17, 15) is 0 Å². The molecule has 4 rings (SSSR count). The van der Waals surface area contributed by atoms with Gasteiger partial charge in [-0.3, -0.25) is 0 Å². The van der Waals surface area contributed by atoms with E-state index in [4.69, 9.17) is 4.42 Å². The monoisotopic (exact) mass is 272 g/mol. The number of hydrogen-bond donors (Lipinski definition) is 1. The van der Waals surface area contributed by atoms with Gasteiger partial charge in [0.1, 0.15) is 18.1 Å². The van der Waals surface area contributed by atoms with Gasteiger partial charge in [-0.15, -0.1) is 11.3 Å². The molecule has 0 saturated heterocycles. The quantitative estimate of drug-likeness (QED) is 0.779. The van der Waals surface area contributed by atoms with Gasteiger partial charge in [-0.1, -0.05) is 6.07 Å². The Bertz CT molecular complexity index is 659. The molecular formula is C13H12N4OS.